The van der Waals surface area contributed by atoms with E-state index in [-0.39, 0.29) is 0 Å². The third-order valence-electron chi connectivity index (χ3n) is 2.01. The molecule has 0 bridgehead atoms. The van der Waals surface area contributed by atoms with E-state index < -0.39 is 0 Å². The SMILES string of the molecule is Cc1cc2c(CC(C)Br)ncnc2s1. The predicted octanol–water partition coefficient (Wildman–Crippen LogP) is 3.33. The molecule has 0 spiro atoms. The third-order valence-corrected chi connectivity index (χ3v) is 3.29. The van der Waals surface area contributed by atoms with Crippen LogP contribution in [0.25, 0.3) is 10.2 Å². The zero-order valence-corrected chi connectivity index (χ0v) is 10.5. The first kappa shape index (κ1) is 10.1. The van der Waals surface area contributed by atoms with Crippen LogP contribution in [0.5, 0.6) is 0 Å². The van der Waals surface area contributed by atoms with Gasteiger partial charge in [0.2, 0.25) is 0 Å². The van der Waals surface area contributed by atoms with Crippen LogP contribution in [0, 0.1) is 6.92 Å². The Balaban J connectivity index is 2.53. The van der Waals surface area contributed by atoms with Crippen molar-refractivity contribution in [3.63, 3.8) is 0 Å². The van der Waals surface area contributed by atoms with Crippen molar-refractivity contribution in [1.29, 1.82) is 0 Å². The molecule has 0 N–H and O–H groups in total. The van der Waals surface area contributed by atoms with E-state index in [9.17, 15) is 0 Å². The molecule has 0 amide bonds. The molecule has 14 heavy (non-hydrogen) atoms. The lowest BCUT2D eigenvalue weighted by Gasteiger charge is -2.02. The van der Waals surface area contributed by atoms with Crippen LogP contribution in [0.15, 0.2) is 12.4 Å². The largest absolute Gasteiger partial charge is 0.241 e. The number of aromatic nitrogens is 2. The summed E-state index contributed by atoms with van der Waals surface area (Å²) in [6.07, 6.45) is 2.61. The van der Waals surface area contributed by atoms with Gasteiger partial charge in [0.15, 0.2) is 0 Å². The number of rotatable bonds is 2. The number of hydrogen-bond donors (Lipinski definition) is 0. The van der Waals surface area contributed by atoms with Gasteiger partial charge in [-0.1, -0.05) is 22.9 Å². The second-order valence-electron chi connectivity index (χ2n) is 3.38. The number of fused-ring (bicyclic) bond motifs is 1. The zero-order valence-electron chi connectivity index (χ0n) is 8.12. The summed E-state index contributed by atoms with van der Waals surface area (Å²) in [4.78, 5) is 11.4. The van der Waals surface area contributed by atoms with Crippen LogP contribution in [-0.2, 0) is 6.42 Å². The second kappa shape index (κ2) is 3.95. The first-order valence-corrected chi connectivity index (χ1v) is 6.24. The molecule has 0 aliphatic rings. The maximum absolute atomic E-state index is 4.33. The molecule has 2 nitrogen and oxygen atoms in total. The van der Waals surface area contributed by atoms with E-state index in [0.29, 0.717) is 4.83 Å². The van der Waals surface area contributed by atoms with Crippen molar-refractivity contribution in [1.82, 2.24) is 9.97 Å². The Morgan fingerprint density at radius 3 is 3.00 bits per heavy atom. The molecule has 0 aliphatic carbocycles. The topological polar surface area (TPSA) is 25.8 Å². The van der Waals surface area contributed by atoms with E-state index in [1.807, 2.05) is 0 Å². The van der Waals surface area contributed by atoms with Crippen molar-refractivity contribution in [3.05, 3.63) is 23.0 Å². The van der Waals surface area contributed by atoms with Gasteiger partial charge in [0.05, 0.1) is 5.69 Å². The molecule has 0 saturated carbocycles. The predicted molar refractivity (Wildman–Crippen MR) is 64.2 cm³/mol. The lowest BCUT2D eigenvalue weighted by molar-refractivity contribution is 0.918. The number of nitrogens with zero attached hydrogens (tertiary/aromatic N) is 2. The van der Waals surface area contributed by atoms with Crippen molar-refractivity contribution >= 4 is 37.5 Å². The van der Waals surface area contributed by atoms with E-state index in [2.05, 4.69) is 45.8 Å². The molecule has 0 saturated heterocycles. The summed E-state index contributed by atoms with van der Waals surface area (Å²) in [5, 5.41) is 1.21. The van der Waals surface area contributed by atoms with Crippen molar-refractivity contribution in [2.75, 3.05) is 0 Å². The molecular weight excluding hydrogens is 260 g/mol. The Kier molecular flexibility index (Phi) is 2.83. The van der Waals surface area contributed by atoms with Gasteiger partial charge in [0.25, 0.3) is 0 Å². The summed E-state index contributed by atoms with van der Waals surface area (Å²) in [7, 11) is 0. The minimum Gasteiger partial charge on any atom is -0.241 e. The molecule has 74 valence electrons. The van der Waals surface area contributed by atoms with Gasteiger partial charge in [-0.2, -0.15) is 0 Å². The van der Waals surface area contributed by atoms with Gasteiger partial charge in [-0.25, -0.2) is 9.97 Å². The van der Waals surface area contributed by atoms with Gasteiger partial charge >= 0.3 is 0 Å². The van der Waals surface area contributed by atoms with Gasteiger partial charge in [-0.05, 0) is 13.0 Å². The lowest BCUT2D eigenvalue weighted by atomic mass is 10.2. The molecule has 4 heteroatoms. The van der Waals surface area contributed by atoms with Crippen molar-refractivity contribution in [2.24, 2.45) is 0 Å². The van der Waals surface area contributed by atoms with Crippen LogP contribution in [-0.4, -0.2) is 14.8 Å². The Hall–Kier alpha value is -0.480. The van der Waals surface area contributed by atoms with E-state index in [1.165, 1.54) is 10.3 Å². The highest BCUT2D eigenvalue weighted by Gasteiger charge is 2.08. The fourth-order valence-electron chi connectivity index (χ4n) is 1.45. The Bertz CT molecular complexity index is 450. The van der Waals surface area contributed by atoms with Crippen molar-refractivity contribution in [3.8, 4) is 0 Å². The smallest absolute Gasteiger partial charge is 0.127 e. The first-order chi connectivity index (χ1) is 6.66. The Morgan fingerprint density at radius 2 is 2.29 bits per heavy atom. The summed E-state index contributed by atoms with van der Waals surface area (Å²) in [5.41, 5.74) is 1.14. The highest BCUT2D eigenvalue weighted by atomic mass is 79.9. The van der Waals surface area contributed by atoms with E-state index >= 15 is 0 Å². The molecule has 0 fully saturated rings. The summed E-state index contributed by atoms with van der Waals surface area (Å²) in [5.74, 6) is 0. The lowest BCUT2D eigenvalue weighted by Crippen LogP contribution is -1.99. The molecular formula is C10H11BrN2S. The standard InChI is InChI=1S/C10H11BrN2S/c1-6(11)3-9-8-4-7(2)14-10(8)13-5-12-9/h4-6H,3H2,1-2H3. The average Bonchev–Trinajstić information content (AvgIpc) is 2.45. The molecule has 2 rings (SSSR count). The number of aryl methyl sites for hydroxylation is 1. The summed E-state index contributed by atoms with van der Waals surface area (Å²) >= 11 is 5.27. The van der Waals surface area contributed by atoms with Crippen LogP contribution < -0.4 is 0 Å². The molecule has 0 aromatic carbocycles. The molecule has 0 radical (unpaired) electrons. The van der Waals surface area contributed by atoms with Crippen molar-refractivity contribution < 1.29 is 0 Å². The minimum absolute atomic E-state index is 0.459. The summed E-state index contributed by atoms with van der Waals surface area (Å²) < 4.78 is 0. The average molecular weight is 271 g/mol. The Labute approximate surface area is 95.5 Å². The fourth-order valence-corrected chi connectivity index (χ4v) is 2.63. The molecule has 2 aromatic rings. The van der Waals surface area contributed by atoms with Crippen LogP contribution in [0.1, 0.15) is 17.5 Å². The van der Waals surface area contributed by atoms with E-state index in [4.69, 9.17) is 0 Å². The maximum Gasteiger partial charge on any atom is 0.127 e. The highest BCUT2D eigenvalue weighted by molar-refractivity contribution is 9.09. The summed E-state index contributed by atoms with van der Waals surface area (Å²) in [6.45, 7) is 4.24. The minimum atomic E-state index is 0.459. The van der Waals surface area contributed by atoms with Gasteiger partial charge < -0.3 is 0 Å². The summed E-state index contributed by atoms with van der Waals surface area (Å²) in [6, 6.07) is 2.17. The first-order valence-electron chi connectivity index (χ1n) is 4.51. The normalized spacial score (nSPS) is 13.4. The molecule has 1 unspecified atom stereocenters. The maximum atomic E-state index is 4.33. The van der Waals surface area contributed by atoms with Gasteiger partial charge in [-0.15, -0.1) is 11.3 Å². The monoisotopic (exact) mass is 270 g/mol. The fraction of sp³-hybridized carbons (Fsp3) is 0.400. The van der Waals surface area contributed by atoms with Crippen LogP contribution in [0.3, 0.4) is 0 Å². The number of alkyl halides is 1. The van der Waals surface area contributed by atoms with E-state index in [0.717, 1.165) is 16.9 Å². The Morgan fingerprint density at radius 1 is 1.50 bits per heavy atom. The highest BCUT2D eigenvalue weighted by Crippen LogP contribution is 2.25. The number of hydrogen-bond acceptors (Lipinski definition) is 3. The zero-order chi connectivity index (χ0) is 10.1. The number of thiophene rings is 1. The second-order valence-corrected chi connectivity index (χ2v) is 6.18. The van der Waals surface area contributed by atoms with Gasteiger partial charge in [-0.3, -0.25) is 0 Å². The molecule has 1 atom stereocenters. The van der Waals surface area contributed by atoms with Gasteiger partial charge in [0, 0.05) is 21.5 Å². The van der Waals surface area contributed by atoms with Crippen LogP contribution in [0.2, 0.25) is 0 Å². The van der Waals surface area contributed by atoms with Crippen LogP contribution >= 0.6 is 27.3 Å². The van der Waals surface area contributed by atoms with Gasteiger partial charge in [0.1, 0.15) is 11.2 Å². The molecule has 2 aromatic heterocycles. The van der Waals surface area contributed by atoms with Crippen LogP contribution in [0.4, 0.5) is 0 Å². The van der Waals surface area contributed by atoms with E-state index in [1.54, 1.807) is 17.7 Å². The number of halogens is 1. The molecule has 2 heterocycles. The third kappa shape index (κ3) is 1.96. The quantitative estimate of drug-likeness (QED) is 0.783. The van der Waals surface area contributed by atoms with Crippen molar-refractivity contribution in [2.45, 2.75) is 25.1 Å². The molecule has 0 aliphatic heterocycles.